The maximum atomic E-state index is 10.8. The third kappa shape index (κ3) is 4.43. The van der Waals surface area contributed by atoms with Gasteiger partial charge in [0.2, 0.25) is 0 Å². The Morgan fingerprint density at radius 2 is 1.23 bits per heavy atom. The highest BCUT2D eigenvalue weighted by Gasteiger charge is 2.37. The van der Waals surface area contributed by atoms with Gasteiger partial charge in [-0.15, -0.1) is 0 Å². The van der Waals surface area contributed by atoms with Crippen LogP contribution in [-0.4, -0.2) is 9.13 Å². The Morgan fingerprint density at radius 1 is 0.533 bits per heavy atom. The number of hydrogen-bond acceptors (Lipinski definition) is 2. The predicted octanol–water partition coefficient (Wildman–Crippen LogP) is 13.7. The first-order valence-electron chi connectivity index (χ1n) is 20.2. The molecule has 10 aromatic rings. The maximum absolute atomic E-state index is 10.8. The Morgan fingerprint density at radius 3 is 2.03 bits per heavy atom. The zero-order valence-electron chi connectivity index (χ0n) is 32.9. The zero-order valence-corrected chi connectivity index (χ0v) is 32.9. The summed E-state index contributed by atoms with van der Waals surface area (Å²) in [6, 6.07) is 57.8. The van der Waals surface area contributed by atoms with Crippen LogP contribution in [-0.2, 0) is 11.8 Å². The van der Waals surface area contributed by atoms with Crippen molar-refractivity contribution in [1.82, 2.24) is 9.13 Å². The molecule has 2 aliphatic carbocycles. The summed E-state index contributed by atoms with van der Waals surface area (Å²) in [5.74, 6) is 0. The number of rotatable bonds is 3. The van der Waals surface area contributed by atoms with Crippen LogP contribution >= 0.6 is 0 Å². The van der Waals surface area contributed by atoms with Crippen LogP contribution in [0, 0.1) is 29.2 Å². The van der Waals surface area contributed by atoms with Crippen molar-refractivity contribution in [2.45, 2.75) is 25.7 Å². The summed E-state index contributed by atoms with van der Waals surface area (Å²) >= 11 is 0. The van der Waals surface area contributed by atoms with Crippen molar-refractivity contribution in [3.05, 3.63) is 196 Å². The molecule has 0 amide bonds. The molecule has 5 heteroatoms. The van der Waals surface area contributed by atoms with E-state index in [0.29, 0.717) is 16.8 Å². The Kier molecular flexibility index (Phi) is 6.88. The van der Waals surface area contributed by atoms with E-state index in [1.807, 2.05) is 36.4 Å². The summed E-state index contributed by atoms with van der Waals surface area (Å²) in [6.45, 7) is 13.0. The Labute approximate surface area is 346 Å². The molecule has 2 aromatic heterocycles. The average molecular weight is 764 g/mol. The van der Waals surface area contributed by atoms with Crippen molar-refractivity contribution < 1.29 is 0 Å². The van der Waals surface area contributed by atoms with Crippen LogP contribution < -0.4 is 0 Å². The summed E-state index contributed by atoms with van der Waals surface area (Å²) < 4.78 is 4.50. The monoisotopic (exact) mass is 763 g/mol. The van der Waals surface area contributed by atoms with Gasteiger partial charge in [-0.1, -0.05) is 111 Å². The van der Waals surface area contributed by atoms with Crippen LogP contribution in [0.5, 0.6) is 0 Å². The third-order valence-electron chi connectivity index (χ3n) is 13.2. The van der Waals surface area contributed by atoms with Crippen LogP contribution in [0.4, 0.5) is 5.69 Å². The van der Waals surface area contributed by atoms with Gasteiger partial charge in [-0.25, -0.2) is 4.85 Å². The highest BCUT2D eigenvalue weighted by molar-refractivity contribution is 6.18. The van der Waals surface area contributed by atoms with E-state index in [9.17, 15) is 10.5 Å². The van der Waals surface area contributed by atoms with E-state index >= 15 is 0 Å². The number of nitriles is 2. The average Bonchev–Trinajstić information content (AvgIpc) is 3.99. The molecule has 60 heavy (non-hydrogen) atoms. The third-order valence-corrected chi connectivity index (χ3v) is 13.2. The van der Waals surface area contributed by atoms with E-state index in [1.54, 1.807) is 0 Å². The van der Waals surface area contributed by atoms with Crippen molar-refractivity contribution in [3.8, 4) is 56.9 Å². The first-order valence-corrected chi connectivity index (χ1v) is 20.2. The molecule has 0 fully saturated rings. The lowest BCUT2D eigenvalue weighted by molar-refractivity contribution is 0.661. The quantitative estimate of drug-likeness (QED) is 0.168. The van der Waals surface area contributed by atoms with Crippen molar-refractivity contribution >= 4 is 49.3 Å². The van der Waals surface area contributed by atoms with Gasteiger partial charge in [-0.05, 0) is 117 Å². The molecule has 0 saturated carbocycles. The Hall–Kier alpha value is -8.17. The molecule has 0 atom stereocenters. The summed E-state index contributed by atoms with van der Waals surface area (Å²) in [6.07, 6.45) is 0.849. The molecule has 278 valence electrons. The molecule has 0 aliphatic heterocycles. The second-order valence-electron chi connectivity index (χ2n) is 16.6. The molecular weight excluding hydrogens is 731 g/mol. The zero-order chi connectivity index (χ0) is 40.4. The Bertz CT molecular complexity index is 3700. The molecule has 0 spiro atoms. The number of hydrogen-bond donors (Lipinski definition) is 0. The molecule has 0 saturated heterocycles. The van der Waals surface area contributed by atoms with Gasteiger partial charge < -0.3 is 9.13 Å². The van der Waals surface area contributed by atoms with Gasteiger partial charge in [0.25, 0.3) is 0 Å². The second-order valence-corrected chi connectivity index (χ2v) is 16.6. The number of fused-ring (bicyclic) bond motifs is 13. The summed E-state index contributed by atoms with van der Waals surface area (Å²) in [5.41, 5.74) is 18.0. The SMILES string of the molecule is [C-]#[N+]c1ccc(-n2c3ccccc3c3c4c(ccc32)C(C)(C)c2ccccc2-4)cc1-c1cc(-n2c3ccccc3c3cc4c(cc32)Cc2ccccc2-4)cc(C#N)c1C#N. The first-order chi connectivity index (χ1) is 29.4. The molecule has 0 N–H and O–H groups in total. The molecule has 2 aliphatic rings. The van der Waals surface area contributed by atoms with Gasteiger partial charge in [-0.3, -0.25) is 0 Å². The molecular formula is C55H33N5. The van der Waals surface area contributed by atoms with Gasteiger partial charge in [0.05, 0.1) is 39.8 Å². The summed E-state index contributed by atoms with van der Waals surface area (Å²) in [5, 5.41) is 26.0. The van der Waals surface area contributed by atoms with Crippen LogP contribution in [0.15, 0.2) is 152 Å². The van der Waals surface area contributed by atoms with E-state index in [4.69, 9.17) is 6.57 Å². The van der Waals surface area contributed by atoms with Crippen molar-refractivity contribution in [2.24, 2.45) is 0 Å². The molecule has 0 unspecified atom stereocenters. The van der Waals surface area contributed by atoms with Crippen molar-refractivity contribution in [1.29, 1.82) is 10.5 Å². The minimum atomic E-state index is -0.146. The van der Waals surface area contributed by atoms with E-state index in [1.165, 1.54) is 49.9 Å². The fraction of sp³-hybridized carbons (Fsp3) is 0.0727. The number of benzene rings is 8. The molecule has 8 aromatic carbocycles. The highest BCUT2D eigenvalue weighted by Crippen LogP contribution is 2.53. The van der Waals surface area contributed by atoms with Gasteiger partial charge in [0, 0.05) is 38.3 Å². The minimum Gasteiger partial charge on any atom is -0.309 e. The van der Waals surface area contributed by atoms with Gasteiger partial charge in [0.1, 0.15) is 12.1 Å². The van der Waals surface area contributed by atoms with Crippen molar-refractivity contribution in [2.75, 3.05) is 0 Å². The summed E-state index contributed by atoms with van der Waals surface area (Å²) in [7, 11) is 0. The molecule has 2 heterocycles. The normalized spacial score (nSPS) is 13.2. The number of para-hydroxylation sites is 2. The van der Waals surface area contributed by atoms with E-state index < -0.39 is 0 Å². The smallest absolute Gasteiger partial charge is 0.195 e. The number of nitrogens with zero attached hydrogens (tertiary/aromatic N) is 5. The van der Waals surface area contributed by atoms with E-state index in [2.05, 4.69) is 155 Å². The first kappa shape index (κ1) is 33.9. The molecule has 0 bridgehead atoms. The topological polar surface area (TPSA) is 61.8 Å². The Balaban J connectivity index is 1.11. The predicted molar refractivity (Wildman–Crippen MR) is 242 cm³/mol. The fourth-order valence-electron chi connectivity index (χ4n) is 10.6. The van der Waals surface area contributed by atoms with Crippen LogP contribution in [0.25, 0.3) is 93.2 Å². The second kappa shape index (κ2) is 12.2. The van der Waals surface area contributed by atoms with E-state index in [0.717, 1.165) is 56.0 Å². The lowest BCUT2D eigenvalue weighted by Crippen LogP contribution is -2.14. The van der Waals surface area contributed by atoms with Crippen LogP contribution in [0.3, 0.4) is 0 Å². The fourth-order valence-corrected chi connectivity index (χ4v) is 10.6. The standard InChI is InChI=1S/C55H33N5/c1-55(2)46-17-9-6-15-39(46)53-47(55)21-23-51-54(53)40-16-8-11-19-50(40)59(51)35-20-22-48(58-3)43(27-35)42-28-36(25-34(30-56)45(42)31-57)60-49-18-10-7-14-38(49)44-29-41-33(26-52(44)60)24-32-12-4-5-13-37(32)41/h4-23,25-29H,24H2,1-2H3. The summed E-state index contributed by atoms with van der Waals surface area (Å²) in [4.78, 5) is 4.01. The van der Waals surface area contributed by atoms with Gasteiger partial charge in [-0.2, -0.15) is 10.5 Å². The molecule has 0 radical (unpaired) electrons. The van der Waals surface area contributed by atoms with Gasteiger partial charge >= 0.3 is 0 Å². The largest absolute Gasteiger partial charge is 0.309 e. The highest BCUT2D eigenvalue weighted by atomic mass is 15.0. The lowest BCUT2D eigenvalue weighted by Gasteiger charge is -2.21. The molecule has 5 nitrogen and oxygen atoms in total. The van der Waals surface area contributed by atoms with Crippen molar-refractivity contribution in [3.63, 3.8) is 0 Å². The van der Waals surface area contributed by atoms with Crippen LogP contribution in [0.2, 0.25) is 0 Å². The maximum Gasteiger partial charge on any atom is 0.195 e. The number of aromatic nitrogens is 2. The van der Waals surface area contributed by atoms with Gasteiger partial charge in [0.15, 0.2) is 5.69 Å². The minimum absolute atomic E-state index is 0.146. The van der Waals surface area contributed by atoms with E-state index in [-0.39, 0.29) is 16.5 Å². The molecule has 12 rings (SSSR count). The van der Waals surface area contributed by atoms with Crippen LogP contribution in [0.1, 0.15) is 47.2 Å². The lowest BCUT2D eigenvalue weighted by atomic mass is 9.82.